The van der Waals surface area contributed by atoms with E-state index in [1.165, 1.54) is 0 Å². The average molecular weight is 205 g/mol. The van der Waals surface area contributed by atoms with Crippen LogP contribution >= 0.6 is 0 Å². The molecule has 1 fully saturated rings. The fourth-order valence-corrected chi connectivity index (χ4v) is 1.90. The van der Waals surface area contributed by atoms with E-state index in [2.05, 4.69) is 0 Å². The molecule has 1 aromatic rings. The van der Waals surface area contributed by atoms with Gasteiger partial charge in [0.05, 0.1) is 0 Å². The molecular formula is C12H15NO2. The van der Waals surface area contributed by atoms with E-state index >= 15 is 0 Å². The summed E-state index contributed by atoms with van der Waals surface area (Å²) in [5.41, 5.74) is 0.651. The second-order valence-corrected chi connectivity index (χ2v) is 3.84. The van der Waals surface area contributed by atoms with Crippen LogP contribution in [0.5, 0.6) is 0 Å². The van der Waals surface area contributed by atoms with Crippen molar-refractivity contribution in [3.63, 3.8) is 0 Å². The summed E-state index contributed by atoms with van der Waals surface area (Å²) in [6, 6.07) is 9.11. The molecule has 3 heteroatoms. The monoisotopic (exact) mass is 205 g/mol. The molecule has 0 unspecified atom stereocenters. The van der Waals surface area contributed by atoms with Gasteiger partial charge >= 0.3 is 0 Å². The van der Waals surface area contributed by atoms with Gasteiger partial charge in [0.2, 0.25) is 0 Å². The van der Waals surface area contributed by atoms with Crippen molar-refractivity contribution in [3.05, 3.63) is 35.9 Å². The van der Waals surface area contributed by atoms with Crippen molar-refractivity contribution in [2.45, 2.75) is 25.5 Å². The number of nitrogens with zero attached hydrogens (tertiary/aromatic N) is 1. The lowest BCUT2D eigenvalue weighted by molar-refractivity contribution is -0.0120. The number of likely N-dealkylation sites (tertiary alicyclic amines) is 1. The van der Waals surface area contributed by atoms with Crippen LogP contribution in [0.4, 0.5) is 0 Å². The highest BCUT2D eigenvalue weighted by molar-refractivity contribution is 5.94. The molecule has 1 aliphatic rings. The molecule has 3 nitrogen and oxygen atoms in total. The zero-order valence-electron chi connectivity index (χ0n) is 8.60. The number of aliphatic hydroxyl groups excluding tert-OH is 1. The first-order chi connectivity index (χ1) is 7.29. The Morgan fingerprint density at radius 1 is 1.27 bits per heavy atom. The number of carbonyl (C=O) groups excluding carboxylic acids is 1. The van der Waals surface area contributed by atoms with Gasteiger partial charge in [0.25, 0.3) is 5.91 Å². The summed E-state index contributed by atoms with van der Waals surface area (Å²) in [6.07, 6.45) is 2.07. The third-order valence-corrected chi connectivity index (χ3v) is 2.75. The van der Waals surface area contributed by atoms with Crippen molar-refractivity contribution >= 4 is 5.91 Å². The summed E-state index contributed by atoms with van der Waals surface area (Å²) in [5.74, 6) is -0.0669. The summed E-state index contributed by atoms with van der Waals surface area (Å²) in [4.78, 5) is 13.5. The maximum absolute atomic E-state index is 12.0. The van der Waals surface area contributed by atoms with Gasteiger partial charge in [-0.15, -0.1) is 0 Å². The van der Waals surface area contributed by atoms with Gasteiger partial charge in [-0.2, -0.15) is 0 Å². The highest BCUT2D eigenvalue weighted by Crippen LogP contribution is 2.17. The second-order valence-electron chi connectivity index (χ2n) is 3.84. The quantitative estimate of drug-likeness (QED) is 0.757. The summed E-state index contributed by atoms with van der Waals surface area (Å²) in [6.45, 7) is 0.662. The average Bonchev–Trinajstić information content (AvgIpc) is 2.30. The van der Waals surface area contributed by atoms with Gasteiger partial charge in [0, 0.05) is 12.1 Å². The van der Waals surface area contributed by atoms with Crippen molar-refractivity contribution in [3.8, 4) is 0 Å². The van der Waals surface area contributed by atoms with Gasteiger partial charge in [-0.1, -0.05) is 18.2 Å². The molecule has 0 bridgehead atoms. The smallest absolute Gasteiger partial charge is 0.255 e. The lowest BCUT2D eigenvalue weighted by atomic mass is 10.1. The number of amides is 1. The normalized spacial score (nSPS) is 21.4. The number of hydrogen-bond donors (Lipinski definition) is 1. The van der Waals surface area contributed by atoms with Crippen LogP contribution in [0.15, 0.2) is 30.3 Å². The fourth-order valence-electron chi connectivity index (χ4n) is 1.90. The molecule has 0 saturated carbocycles. The second kappa shape index (κ2) is 4.45. The van der Waals surface area contributed by atoms with Gasteiger partial charge < -0.3 is 10.0 Å². The number of piperidine rings is 1. The van der Waals surface area contributed by atoms with E-state index in [1.54, 1.807) is 17.0 Å². The van der Waals surface area contributed by atoms with Gasteiger partial charge in [0.1, 0.15) is 6.23 Å². The van der Waals surface area contributed by atoms with E-state index in [-0.39, 0.29) is 5.91 Å². The van der Waals surface area contributed by atoms with Crippen LogP contribution in [0.25, 0.3) is 0 Å². The van der Waals surface area contributed by atoms with Crippen LogP contribution in [0, 0.1) is 0 Å². The Bertz CT molecular complexity index is 337. The van der Waals surface area contributed by atoms with E-state index < -0.39 is 6.23 Å². The van der Waals surface area contributed by atoms with Crippen LogP contribution in [-0.2, 0) is 0 Å². The van der Waals surface area contributed by atoms with Gasteiger partial charge in [-0.25, -0.2) is 0 Å². The predicted molar refractivity (Wildman–Crippen MR) is 57.3 cm³/mol. The molecule has 0 radical (unpaired) electrons. The van der Waals surface area contributed by atoms with E-state index in [0.717, 1.165) is 12.8 Å². The Balaban J connectivity index is 2.13. The molecule has 80 valence electrons. The van der Waals surface area contributed by atoms with Gasteiger partial charge in [-0.05, 0) is 31.4 Å². The highest BCUT2D eigenvalue weighted by Gasteiger charge is 2.25. The molecule has 1 atom stereocenters. The Kier molecular flexibility index (Phi) is 3.02. The van der Waals surface area contributed by atoms with Crippen LogP contribution in [0.2, 0.25) is 0 Å². The molecular weight excluding hydrogens is 190 g/mol. The third-order valence-electron chi connectivity index (χ3n) is 2.75. The number of rotatable bonds is 1. The molecule has 1 aromatic carbocycles. The molecule has 1 saturated heterocycles. The summed E-state index contributed by atoms with van der Waals surface area (Å²) < 4.78 is 0. The molecule has 0 aromatic heterocycles. The molecule has 1 N–H and O–H groups in total. The number of aliphatic hydroxyl groups is 1. The SMILES string of the molecule is O=C(c1ccccc1)N1CCCC[C@@H]1O. The van der Waals surface area contributed by atoms with Crippen molar-refractivity contribution in [1.29, 1.82) is 0 Å². The minimum Gasteiger partial charge on any atom is -0.374 e. The summed E-state index contributed by atoms with van der Waals surface area (Å²) in [7, 11) is 0. The lowest BCUT2D eigenvalue weighted by Crippen LogP contribution is -2.43. The molecule has 1 heterocycles. The maximum Gasteiger partial charge on any atom is 0.255 e. The summed E-state index contributed by atoms with van der Waals surface area (Å²) in [5, 5.41) is 9.71. The topological polar surface area (TPSA) is 40.5 Å². The Morgan fingerprint density at radius 3 is 2.67 bits per heavy atom. The standard InChI is InChI=1S/C12H15NO2/c14-11-8-4-5-9-13(11)12(15)10-6-2-1-3-7-10/h1-3,6-7,11,14H,4-5,8-9H2/t11-/m0/s1. The van der Waals surface area contributed by atoms with Gasteiger partial charge in [-0.3, -0.25) is 4.79 Å². The number of carbonyl (C=O) groups is 1. The van der Waals surface area contributed by atoms with E-state index in [4.69, 9.17) is 0 Å². The van der Waals surface area contributed by atoms with Crippen LogP contribution in [0.3, 0.4) is 0 Å². The molecule has 0 spiro atoms. The van der Waals surface area contributed by atoms with Gasteiger partial charge in [0.15, 0.2) is 0 Å². The first-order valence-electron chi connectivity index (χ1n) is 5.33. The molecule has 1 amide bonds. The number of benzene rings is 1. The Labute approximate surface area is 89.3 Å². The van der Waals surface area contributed by atoms with E-state index in [0.29, 0.717) is 18.5 Å². The first kappa shape index (κ1) is 10.2. The third kappa shape index (κ3) is 2.18. The van der Waals surface area contributed by atoms with Crippen molar-refractivity contribution in [2.24, 2.45) is 0 Å². The van der Waals surface area contributed by atoms with E-state index in [9.17, 15) is 9.90 Å². The largest absolute Gasteiger partial charge is 0.374 e. The van der Waals surface area contributed by atoms with Crippen LogP contribution in [0.1, 0.15) is 29.6 Å². The Morgan fingerprint density at radius 2 is 2.00 bits per heavy atom. The molecule has 0 aliphatic carbocycles. The van der Waals surface area contributed by atoms with E-state index in [1.807, 2.05) is 18.2 Å². The predicted octanol–water partition coefficient (Wildman–Crippen LogP) is 1.63. The van der Waals surface area contributed by atoms with Crippen molar-refractivity contribution in [1.82, 2.24) is 4.90 Å². The lowest BCUT2D eigenvalue weighted by Gasteiger charge is -2.32. The first-order valence-corrected chi connectivity index (χ1v) is 5.33. The van der Waals surface area contributed by atoms with Crippen molar-refractivity contribution in [2.75, 3.05) is 6.54 Å². The molecule has 1 aliphatic heterocycles. The minimum absolute atomic E-state index is 0.0669. The van der Waals surface area contributed by atoms with Crippen LogP contribution in [-0.4, -0.2) is 28.7 Å². The van der Waals surface area contributed by atoms with Crippen molar-refractivity contribution < 1.29 is 9.90 Å². The van der Waals surface area contributed by atoms with Crippen LogP contribution < -0.4 is 0 Å². The number of hydrogen-bond acceptors (Lipinski definition) is 2. The zero-order chi connectivity index (χ0) is 10.7. The summed E-state index contributed by atoms with van der Waals surface area (Å²) >= 11 is 0. The maximum atomic E-state index is 12.0. The minimum atomic E-state index is -0.605. The zero-order valence-corrected chi connectivity index (χ0v) is 8.60. The Hall–Kier alpha value is -1.35. The molecule has 15 heavy (non-hydrogen) atoms. The highest BCUT2D eigenvalue weighted by atomic mass is 16.3. The molecule has 2 rings (SSSR count). The fraction of sp³-hybridized carbons (Fsp3) is 0.417.